The first-order valence-corrected chi connectivity index (χ1v) is 19.5. The van der Waals surface area contributed by atoms with Crippen LogP contribution in [0.3, 0.4) is 0 Å². The van der Waals surface area contributed by atoms with Crippen LogP contribution < -0.4 is 9.47 Å². The monoisotopic (exact) mass is 930 g/mol. The number of aromatic hydroxyl groups is 4. The van der Waals surface area contributed by atoms with Crippen molar-refractivity contribution in [2.45, 2.75) is 80.4 Å². The van der Waals surface area contributed by atoms with E-state index in [1.807, 2.05) is 0 Å². The maximum Gasteiger partial charge on any atom is 0.330 e. The van der Waals surface area contributed by atoms with Crippen molar-refractivity contribution in [3.05, 3.63) is 83.1 Å². The Kier molecular flexibility index (Phi) is 15.2. The molecule has 0 bridgehead atoms. The fourth-order valence-corrected chi connectivity index (χ4v) is 6.68. The Balaban J connectivity index is 1.29. The van der Waals surface area contributed by atoms with Crippen molar-refractivity contribution in [1.29, 1.82) is 0 Å². The summed E-state index contributed by atoms with van der Waals surface area (Å²) in [7, 11) is 0. The predicted molar refractivity (Wildman–Crippen MR) is 212 cm³/mol. The Morgan fingerprint density at radius 2 is 1.27 bits per heavy atom. The molecule has 2 saturated heterocycles. The maximum absolute atomic E-state index is 12.5. The average molecular weight is 931 g/mol. The molecule has 354 valence electrons. The van der Waals surface area contributed by atoms with Crippen molar-refractivity contribution in [3.8, 4) is 34.5 Å². The van der Waals surface area contributed by atoms with E-state index in [1.165, 1.54) is 42.5 Å². The van der Waals surface area contributed by atoms with E-state index in [0.717, 1.165) is 30.3 Å². The van der Waals surface area contributed by atoms with Crippen LogP contribution in [0.4, 0.5) is 0 Å². The number of phenols is 4. The van der Waals surface area contributed by atoms with Crippen molar-refractivity contribution in [2.75, 3.05) is 13.2 Å². The van der Waals surface area contributed by atoms with Gasteiger partial charge < -0.3 is 94.1 Å². The summed E-state index contributed by atoms with van der Waals surface area (Å²) in [6.07, 6.45) is -19.3. The molecule has 11 atom stereocenters. The zero-order valence-corrected chi connectivity index (χ0v) is 33.8. The number of hydrogen-bond acceptors (Lipinski definition) is 22. The number of rotatable bonds is 16. The molecule has 2 fully saturated rings. The highest BCUT2D eigenvalue weighted by atomic mass is 16.7. The summed E-state index contributed by atoms with van der Waals surface area (Å²) in [5.41, 5.74) is 0.467. The standard InChI is InChI=1S/C42H42O24/c43-19-5-1-17(2-6-19)3-8-31(51)59-15-27-34(54)35(55)37(57)41(64-27)63-26-12-21-24(61-39(26)18-4-7-22(45)23(46)9-18)10-20(44)11-25(21)62-42-38(58)36(56)40(66-33(53)14-30(49)50)28(65-42)16-60-32(52)13-29(47)48/h1-12,27-28,34-46,54-58H,13-16H2,(H,47,48)(H,49,50). The molecule has 24 nitrogen and oxygen atoms in total. The van der Waals surface area contributed by atoms with E-state index < -0.39 is 146 Å². The minimum atomic E-state index is -2.15. The summed E-state index contributed by atoms with van der Waals surface area (Å²) in [5, 5.41) is 113. The summed E-state index contributed by atoms with van der Waals surface area (Å²) in [6.45, 7) is -1.61. The second kappa shape index (κ2) is 20.8. The molecule has 11 N–H and O–H groups in total. The molecule has 3 aromatic rings. The van der Waals surface area contributed by atoms with Gasteiger partial charge >= 0.3 is 29.8 Å². The van der Waals surface area contributed by atoms with Crippen molar-refractivity contribution in [1.82, 2.24) is 0 Å². The van der Waals surface area contributed by atoms with Crippen LogP contribution in [0.2, 0.25) is 0 Å². The predicted octanol–water partition coefficient (Wildman–Crippen LogP) is -0.706. The third-order valence-electron chi connectivity index (χ3n) is 9.95. The van der Waals surface area contributed by atoms with E-state index in [1.54, 1.807) is 0 Å². The Morgan fingerprint density at radius 1 is 0.636 bits per heavy atom. The fourth-order valence-electron chi connectivity index (χ4n) is 6.68. The van der Waals surface area contributed by atoms with Crippen LogP contribution in [-0.2, 0) is 52.4 Å². The minimum Gasteiger partial charge on any atom is -0.508 e. The summed E-state index contributed by atoms with van der Waals surface area (Å²) in [5.74, 6) is -9.43. The zero-order chi connectivity index (χ0) is 48.0. The summed E-state index contributed by atoms with van der Waals surface area (Å²) in [4.78, 5) is 59.0. The summed E-state index contributed by atoms with van der Waals surface area (Å²) >= 11 is 0. The largest absolute Gasteiger partial charge is 0.508 e. The number of hydrogen-bond donors (Lipinski definition) is 11. The normalized spacial score (nSPS) is 27.0. The lowest BCUT2D eigenvalue weighted by atomic mass is 9.98. The number of aliphatic carboxylic acids is 2. The second-order valence-corrected chi connectivity index (χ2v) is 14.8. The van der Waals surface area contributed by atoms with Crippen LogP contribution in [-0.4, -0.2) is 161 Å². The smallest absolute Gasteiger partial charge is 0.330 e. The number of aliphatic hydroxyl groups is 5. The molecule has 6 rings (SSSR count). The summed E-state index contributed by atoms with van der Waals surface area (Å²) < 4.78 is 44.7. The lowest BCUT2D eigenvalue weighted by Gasteiger charge is -2.42. The quantitative estimate of drug-likeness (QED) is 0.0278. The van der Waals surface area contributed by atoms with E-state index >= 15 is 0 Å². The topological polar surface area (TPSA) is 382 Å². The first-order chi connectivity index (χ1) is 31.3. The van der Waals surface area contributed by atoms with Gasteiger partial charge in [-0.15, -0.1) is 0 Å². The number of benzene rings is 3. The first-order valence-electron chi connectivity index (χ1n) is 19.5. The van der Waals surface area contributed by atoms with Crippen molar-refractivity contribution >= 4 is 42.0 Å². The van der Waals surface area contributed by atoms with Gasteiger partial charge in [-0.3, -0.25) is 19.2 Å². The number of ether oxygens (including phenoxy) is 8. The third kappa shape index (κ3) is 11.7. The molecule has 0 amide bonds. The van der Waals surface area contributed by atoms with Gasteiger partial charge in [0.1, 0.15) is 97.5 Å². The molecule has 3 aliphatic rings. The first kappa shape index (κ1) is 48.3. The molecular weight excluding hydrogens is 888 g/mol. The molecule has 0 spiro atoms. The summed E-state index contributed by atoms with van der Waals surface area (Å²) in [6, 6.07) is 11.3. The molecular formula is C42H42O24. The molecule has 24 heteroatoms. The van der Waals surface area contributed by atoms with Crippen LogP contribution in [0, 0.1) is 0 Å². The Hall–Kier alpha value is -7.19. The molecule has 0 aromatic heterocycles. The van der Waals surface area contributed by atoms with Crippen molar-refractivity contribution < 1.29 is 118 Å². The number of esters is 3. The molecule has 0 saturated carbocycles. The van der Waals surface area contributed by atoms with Gasteiger partial charge in [-0.1, -0.05) is 18.2 Å². The highest BCUT2D eigenvalue weighted by molar-refractivity contribution is 5.90. The lowest BCUT2D eigenvalue weighted by Crippen LogP contribution is -2.61. The van der Waals surface area contributed by atoms with Gasteiger partial charge in [-0.05, 0) is 42.0 Å². The lowest BCUT2D eigenvalue weighted by molar-refractivity contribution is -0.294. The van der Waals surface area contributed by atoms with Crippen molar-refractivity contribution in [2.24, 2.45) is 0 Å². The number of fused-ring (bicyclic) bond motifs is 1. The molecule has 0 aliphatic carbocycles. The second-order valence-electron chi connectivity index (χ2n) is 14.8. The number of carbonyl (C=O) groups excluding carboxylic acids is 3. The number of carbonyl (C=O) groups is 5. The van der Waals surface area contributed by atoms with Gasteiger partial charge in [0.25, 0.3) is 0 Å². The fraction of sp³-hybridized carbons (Fsp3) is 0.357. The third-order valence-corrected chi connectivity index (χ3v) is 9.95. The van der Waals surface area contributed by atoms with Crippen LogP contribution in [0.5, 0.6) is 34.5 Å². The highest BCUT2D eigenvalue weighted by Gasteiger charge is 2.50. The van der Waals surface area contributed by atoms with Gasteiger partial charge in [0.2, 0.25) is 12.6 Å². The van der Waals surface area contributed by atoms with Gasteiger partial charge in [0.05, 0.1) is 5.56 Å². The molecule has 66 heavy (non-hydrogen) atoms. The van der Waals surface area contributed by atoms with Crippen LogP contribution in [0.25, 0.3) is 12.2 Å². The Labute approximate surface area is 370 Å². The van der Waals surface area contributed by atoms with Gasteiger partial charge in [-0.25, -0.2) is 4.79 Å². The number of carboxylic acid groups (broad SMARTS) is 2. The van der Waals surface area contributed by atoms with E-state index in [4.69, 9.17) is 48.1 Å². The molecule has 3 heterocycles. The van der Waals surface area contributed by atoms with Crippen molar-refractivity contribution in [3.63, 3.8) is 0 Å². The Morgan fingerprint density at radius 3 is 1.95 bits per heavy atom. The van der Waals surface area contributed by atoms with Gasteiger partial charge in [-0.2, -0.15) is 0 Å². The van der Waals surface area contributed by atoms with E-state index in [-0.39, 0.29) is 28.4 Å². The molecule has 3 aromatic carbocycles. The number of phenolic OH excluding ortho intramolecular Hbond substituents is 4. The number of carboxylic acids is 2. The zero-order valence-electron chi connectivity index (χ0n) is 33.8. The van der Waals surface area contributed by atoms with E-state index in [9.17, 15) is 69.9 Å². The van der Waals surface area contributed by atoms with Crippen LogP contribution in [0.15, 0.2) is 66.4 Å². The average Bonchev–Trinajstić information content (AvgIpc) is 3.25. The van der Waals surface area contributed by atoms with E-state index in [2.05, 4.69) is 0 Å². The molecule has 3 aliphatic heterocycles. The molecule has 11 unspecified atom stereocenters. The number of aliphatic hydroxyl groups excluding tert-OH is 5. The minimum absolute atomic E-state index is 0.00200. The SMILES string of the molecule is O=C(O)CC(=O)OCC1OC(Oc2cc(O)cc3c2C=C(OC2OC(COC(=O)C=Cc4ccc(O)cc4)C(O)C(O)C2O)C(c2ccc(O)c(O)c2)O3)C(O)C(O)C1OC(=O)CC(=O)O. The van der Waals surface area contributed by atoms with Gasteiger partial charge in [0.15, 0.2) is 23.7 Å². The van der Waals surface area contributed by atoms with E-state index in [0.29, 0.717) is 5.56 Å². The van der Waals surface area contributed by atoms with Gasteiger partial charge in [0, 0.05) is 23.8 Å². The van der Waals surface area contributed by atoms with Crippen LogP contribution >= 0.6 is 0 Å². The molecule has 0 radical (unpaired) electrons. The van der Waals surface area contributed by atoms with Crippen LogP contribution in [0.1, 0.15) is 35.6 Å². The Bertz CT molecular complexity index is 2340. The maximum atomic E-state index is 12.5. The highest BCUT2D eigenvalue weighted by Crippen LogP contribution is 2.46.